The molecule has 1 fully saturated rings. The highest BCUT2D eigenvalue weighted by Crippen LogP contribution is 2.39. The van der Waals surface area contributed by atoms with E-state index in [1.54, 1.807) is 0 Å². The van der Waals surface area contributed by atoms with Crippen LogP contribution in [0.1, 0.15) is 24.5 Å². The third kappa shape index (κ3) is 3.12. The van der Waals surface area contributed by atoms with Gasteiger partial charge in [-0.2, -0.15) is 0 Å². The van der Waals surface area contributed by atoms with Gasteiger partial charge in [0.2, 0.25) is 0 Å². The number of pyridine rings is 1. The van der Waals surface area contributed by atoms with Crippen molar-refractivity contribution in [3.63, 3.8) is 0 Å². The number of benzene rings is 1. The summed E-state index contributed by atoms with van der Waals surface area (Å²) in [6.45, 7) is 2.36. The summed E-state index contributed by atoms with van der Waals surface area (Å²) >= 11 is 0. The van der Waals surface area contributed by atoms with Gasteiger partial charge in [-0.15, -0.1) is 0 Å². The Morgan fingerprint density at radius 3 is 2.24 bits per heavy atom. The third-order valence-corrected chi connectivity index (χ3v) is 5.45. The molecule has 0 radical (unpaired) electrons. The van der Waals surface area contributed by atoms with E-state index in [1.165, 1.54) is 54.0 Å². The third-order valence-electron chi connectivity index (χ3n) is 5.45. The molecule has 1 aromatic carbocycles. The van der Waals surface area contributed by atoms with Crippen LogP contribution in [0.3, 0.4) is 0 Å². The fraction of sp³-hybridized carbons (Fsp3) is 0.318. The van der Waals surface area contributed by atoms with Gasteiger partial charge in [-0.05, 0) is 62.3 Å². The number of nitrogens with zero attached hydrogens (tertiary/aromatic N) is 3. The molecule has 4 rings (SSSR count). The van der Waals surface area contributed by atoms with Crippen molar-refractivity contribution in [1.29, 1.82) is 0 Å². The van der Waals surface area contributed by atoms with Gasteiger partial charge in [0.1, 0.15) is 0 Å². The van der Waals surface area contributed by atoms with Gasteiger partial charge in [-0.25, -0.2) is 0 Å². The maximum Gasteiger partial charge on any atom is 0.0559 e. The highest BCUT2D eigenvalue weighted by molar-refractivity contribution is 5.82. The molecule has 0 aliphatic carbocycles. The minimum absolute atomic E-state index is 0.638. The highest BCUT2D eigenvalue weighted by atomic mass is 15.1. The van der Waals surface area contributed by atoms with Crippen molar-refractivity contribution in [2.24, 2.45) is 7.05 Å². The van der Waals surface area contributed by atoms with Gasteiger partial charge in [0.15, 0.2) is 0 Å². The van der Waals surface area contributed by atoms with Crippen LogP contribution < -0.4 is 0 Å². The van der Waals surface area contributed by atoms with Crippen LogP contribution in [-0.4, -0.2) is 34.6 Å². The molecule has 3 nitrogen and oxygen atoms in total. The summed E-state index contributed by atoms with van der Waals surface area (Å²) in [4.78, 5) is 6.62. The first-order valence-corrected chi connectivity index (χ1v) is 9.08. The maximum atomic E-state index is 4.19. The summed E-state index contributed by atoms with van der Waals surface area (Å²) in [6, 6.07) is 17.4. The van der Waals surface area contributed by atoms with Gasteiger partial charge >= 0.3 is 0 Å². The Labute approximate surface area is 149 Å². The fourth-order valence-electron chi connectivity index (χ4n) is 4.02. The quantitative estimate of drug-likeness (QED) is 0.701. The molecule has 128 valence electrons. The summed E-state index contributed by atoms with van der Waals surface area (Å²) in [5.41, 5.74) is 6.59. The zero-order valence-corrected chi connectivity index (χ0v) is 15.0. The van der Waals surface area contributed by atoms with Crippen molar-refractivity contribution in [2.75, 3.05) is 20.1 Å². The minimum atomic E-state index is 0.638. The Bertz CT molecular complexity index is 828. The number of hydrogen-bond donors (Lipinski definition) is 0. The maximum absolute atomic E-state index is 4.19. The molecule has 0 bridgehead atoms. The number of aromatic nitrogens is 2. The molecule has 1 aliphatic rings. The molecule has 0 amide bonds. The van der Waals surface area contributed by atoms with E-state index in [2.05, 4.69) is 77.1 Å². The standard InChI is InChI=1S/C22H25N3/c1-24-14-10-18(11-15-24)21-16-20(17-8-12-23-13-9-17)22(25(21)2)19-6-4-3-5-7-19/h3-9,12-13,16,18H,10-11,14-15H2,1-2H3. The van der Waals surface area contributed by atoms with Crippen LogP contribution in [0.15, 0.2) is 60.9 Å². The van der Waals surface area contributed by atoms with Gasteiger partial charge in [0, 0.05) is 36.6 Å². The smallest absolute Gasteiger partial charge is 0.0559 e. The molecule has 1 saturated heterocycles. The lowest BCUT2D eigenvalue weighted by Crippen LogP contribution is -2.29. The van der Waals surface area contributed by atoms with Crippen LogP contribution in [0.4, 0.5) is 0 Å². The molecule has 3 heteroatoms. The van der Waals surface area contributed by atoms with Crippen molar-refractivity contribution in [3.05, 3.63) is 66.6 Å². The van der Waals surface area contributed by atoms with Crippen molar-refractivity contribution in [1.82, 2.24) is 14.5 Å². The molecule has 25 heavy (non-hydrogen) atoms. The van der Waals surface area contributed by atoms with Crippen molar-refractivity contribution < 1.29 is 0 Å². The van der Waals surface area contributed by atoms with E-state index in [-0.39, 0.29) is 0 Å². The van der Waals surface area contributed by atoms with E-state index in [9.17, 15) is 0 Å². The number of likely N-dealkylation sites (tertiary alicyclic amines) is 1. The first-order chi connectivity index (χ1) is 12.2. The van der Waals surface area contributed by atoms with E-state index in [1.807, 2.05) is 12.4 Å². The highest BCUT2D eigenvalue weighted by Gasteiger charge is 2.24. The lowest BCUT2D eigenvalue weighted by atomic mass is 9.93. The van der Waals surface area contributed by atoms with E-state index in [4.69, 9.17) is 0 Å². The Kier molecular flexibility index (Phi) is 4.41. The average molecular weight is 331 g/mol. The van der Waals surface area contributed by atoms with Gasteiger partial charge in [-0.3, -0.25) is 4.98 Å². The van der Waals surface area contributed by atoms with Crippen LogP contribution in [0.25, 0.3) is 22.4 Å². The average Bonchev–Trinajstić information content (AvgIpc) is 3.01. The fourth-order valence-corrected chi connectivity index (χ4v) is 4.02. The molecular weight excluding hydrogens is 306 g/mol. The molecule has 3 aromatic rings. The van der Waals surface area contributed by atoms with Crippen LogP contribution in [0.5, 0.6) is 0 Å². The molecule has 1 aliphatic heterocycles. The van der Waals surface area contributed by atoms with Gasteiger partial charge in [0.05, 0.1) is 5.69 Å². The van der Waals surface area contributed by atoms with Gasteiger partial charge < -0.3 is 9.47 Å². The van der Waals surface area contributed by atoms with Crippen LogP contribution in [0.2, 0.25) is 0 Å². The van der Waals surface area contributed by atoms with Crippen molar-refractivity contribution in [3.8, 4) is 22.4 Å². The lowest BCUT2D eigenvalue weighted by Gasteiger charge is -2.29. The zero-order chi connectivity index (χ0) is 17.2. The first-order valence-electron chi connectivity index (χ1n) is 9.08. The molecule has 0 saturated carbocycles. The van der Waals surface area contributed by atoms with Crippen LogP contribution in [0, 0.1) is 0 Å². The lowest BCUT2D eigenvalue weighted by molar-refractivity contribution is 0.252. The monoisotopic (exact) mass is 331 g/mol. The summed E-state index contributed by atoms with van der Waals surface area (Å²) in [5.74, 6) is 0.638. The predicted octanol–water partition coefficient (Wildman–Crippen LogP) is 4.56. The molecule has 0 spiro atoms. The van der Waals surface area contributed by atoms with Gasteiger partial charge in [0.25, 0.3) is 0 Å². The predicted molar refractivity (Wildman–Crippen MR) is 104 cm³/mol. The van der Waals surface area contributed by atoms with E-state index in [0.717, 1.165) is 0 Å². The summed E-state index contributed by atoms with van der Waals surface area (Å²) in [6.07, 6.45) is 6.23. The molecule has 0 unspecified atom stereocenters. The number of rotatable bonds is 3. The molecule has 0 atom stereocenters. The van der Waals surface area contributed by atoms with Gasteiger partial charge in [-0.1, -0.05) is 30.3 Å². The normalized spacial score (nSPS) is 16.2. The Balaban J connectivity index is 1.84. The first kappa shape index (κ1) is 16.1. The second-order valence-electron chi connectivity index (χ2n) is 7.07. The zero-order valence-electron chi connectivity index (χ0n) is 15.0. The Hall–Kier alpha value is -2.39. The summed E-state index contributed by atoms with van der Waals surface area (Å²) in [7, 11) is 4.44. The number of piperidine rings is 1. The SMILES string of the molecule is CN1CCC(c2cc(-c3ccncc3)c(-c3ccccc3)n2C)CC1. The van der Waals surface area contributed by atoms with Crippen LogP contribution in [-0.2, 0) is 7.05 Å². The largest absolute Gasteiger partial charge is 0.347 e. The number of hydrogen-bond acceptors (Lipinski definition) is 2. The van der Waals surface area contributed by atoms with Crippen molar-refractivity contribution in [2.45, 2.75) is 18.8 Å². The van der Waals surface area contributed by atoms with Crippen molar-refractivity contribution >= 4 is 0 Å². The molecule has 3 heterocycles. The summed E-state index contributed by atoms with van der Waals surface area (Å²) < 4.78 is 2.42. The summed E-state index contributed by atoms with van der Waals surface area (Å²) in [5, 5.41) is 0. The Morgan fingerprint density at radius 2 is 1.56 bits per heavy atom. The molecule has 2 aromatic heterocycles. The van der Waals surface area contributed by atoms with Crippen LogP contribution >= 0.6 is 0 Å². The second kappa shape index (κ2) is 6.85. The van der Waals surface area contributed by atoms with E-state index >= 15 is 0 Å². The minimum Gasteiger partial charge on any atom is -0.347 e. The Morgan fingerprint density at radius 1 is 0.880 bits per heavy atom. The van der Waals surface area contributed by atoms with E-state index in [0.29, 0.717) is 5.92 Å². The molecule has 0 N–H and O–H groups in total. The molecular formula is C22H25N3. The van der Waals surface area contributed by atoms with E-state index < -0.39 is 0 Å². The topological polar surface area (TPSA) is 21.1 Å². The second-order valence-corrected chi connectivity index (χ2v) is 7.07.